The highest BCUT2D eigenvalue weighted by Gasteiger charge is 2.28. The molecular weight excluding hydrogens is 140 g/mol. The third-order valence-electron chi connectivity index (χ3n) is 2.70. The minimum atomic E-state index is 0.556. The summed E-state index contributed by atoms with van der Waals surface area (Å²) in [7, 11) is 0. The third-order valence-corrected chi connectivity index (χ3v) is 3.46. The van der Waals surface area contributed by atoms with Gasteiger partial charge in [0, 0.05) is 0 Å². The standard InChI is InChI=1S/C9H18S/c1-8-4-3-5-9(2,6-8)7-10/h8,10H,3-7H2,1-2H3. The minimum Gasteiger partial charge on any atom is -0.179 e. The van der Waals surface area contributed by atoms with Crippen LogP contribution >= 0.6 is 12.6 Å². The molecule has 10 heavy (non-hydrogen) atoms. The summed E-state index contributed by atoms with van der Waals surface area (Å²) in [6.45, 7) is 4.73. The fourth-order valence-electron chi connectivity index (χ4n) is 2.07. The van der Waals surface area contributed by atoms with Gasteiger partial charge in [0.2, 0.25) is 0 Å². The first-order valence-corrected chi connectivity index (χ1v) is 4.90. The predicted molar refractivity (Wildman–Crippen MR) is 49.6 cm³/mol. The van der Waals surface area contributed by atoms with Crippen LogP contribution in [0.1, 0.15) is 39.5 Å². The van der Waals surface area contributed by atoms with Gasteiger partial charge in [-0.05, 0) is 29.9 Å². The van der Waals surface area contributed by atoms with Crippen molar-refractivity contribution in [1.29, 1.82) is 0 Å². The average Bonchev–Trinajstić information content (AvgIpc) is 1.88. The molecule has 0 spiro atoms. The fourth-order valence-corrected chi connectivity index (χ4v) is 2.35. The van der Waals surface area contributed by atoms with Crippen LogP contribution in [0.3, 0.4) is 0 Å². The van der Waals surface area contributed by atoms with E-state index in [1.807, 2.05) is 0 Å². The van der Waals surface area contributed by atoms with E-state index < -0.39 is 0 Å². The second kappa shape index (κ2) is 3.17. The Morgan fingerprint density at radius 3 is 2.70 bits per heavy atom. The van der Waals surface area contributed by atoms with Crippen LogP contribution in [-0.4, -0.2) is 5.75 Å². The lowest BCUT2D eigenvalue weighted by molar-refractivity contribution is 0.197. The molecule has 0 aromatic heterocycles. The Morgan fingerprint density at radius 2 is 2.30 bits per heavy atom. The van der Waals surface area contributed by atoms with Crippen molar-refractivity contribution in [2.45, 2.75) is 39.5 Å². The van der Waals surface area contributed by atoms with Crippen LogP contribution in [0, 0.1) is 11.3 Å². The molecule has 60 valence electrons. The Labute approximate surface area is 69.8 Å². The molecule has 0 nitrogen and oxygen atoms in total. The molecule has 1 rings (SSSR count). The zero-order chi connectivity index (χ0) is 7.61. The molecule has 2 unspecified atom stereocenters. The van der Waals surface area contributed by atoms with E-state index in [-0.39, 0.29) is 0 Å². The van der Waals surface area contributed by atoms with Gasteiger partial charge in [-0.2, -0.15) is 12.6 Å². The molecule has 1 saturated carbocycles. The molecule has 1 heteroatoms. The number of hydrogen-bond acceptors (Lipinski definition) is 1. The molecule has 1 fully saturated rings. The number of hydrogen-bond donors (Lipinski definition) is 1. The summed E-state index contributed by atoms with van der Waals surface area (Å²) < 4.78 is 0. The lowest BCUT2D eigenvalue weighted by atomic mass is 9.73. The SMILES string of the molecule is CC1CCCC(C)(CS)C1. The van der Waals surface area contributed by atoms with Crippen LogP contribution in [0.4, 0.5) is 0 Å². The van der Waals surface area contributed by atoms with Gasteiger partial charge in [0.1, 0.15) is 0 Å². The largest absolute Gasteiger partial charge is 0.179 e. The average molecular weight is 158 g/mol. The summed E-state index contributed by atoms with van der Waals surface area (Å²) in [5.41, 5.74) is 0.556. The zero-order valence-electron chi connectivity index (χ0n) is 7.06. The zero-order valence-corrected chi connectivity index (χ0v) is 7.95. The maximum absolute atomic E-state index is 4.39. The van der Waals surface area contributed by atoms with Gasteiger partial charge in [0.25, 0.3) is 0 Å². The van der Waals surface area contributed by atoms with Gasteiger partial charge in [0.15, 0.2) is 0 Å². The molecule has 0 N–H and O–H groups in total. The Kier molecular flexibility index (Phi) is 2.67. The van der Waals surface area contributed by atoms with Gasteiger partial charge in [-0.1, -0.05) is 26.7 Å². The van der Waals surface area contributed by atoms with E-state index >= 15 is 0 Å². The summed E-state index contributed by atoms with van der Waals surface area (Å²) in [5, 5.41) is 0. The first-order valence-electron chi connectivity index (χ1n) is 4.27. The van der Waals surface area contributed by atoms with E-state index in [1.54, 1.807) is 0 Å². The molecule has 0 aromatic rings. The first kappa shape index (κ1) is 8.45. The summed E-state index contributed by atoms with van der Waals surface area (Å²) in [5.74, 6) is 2.00. The van der Waals surface area contributed by atoms with Crippen molar-refractivity contribution >= 4 is 12.6 Å². The lowest BCUT2D eigenvalue weighted by Crippen LogP contribution is -2.25. The van der Waals surface area contributed by atoms with Crippen LogP contribution in [-0.2, 0) is 0 Å². The molecule has 0 heterocycles. The molecule has 0 saturated heterocycles. The van der Waals surface area contributed by atoms with E-state index in [2.05, 4.69) is 26.5 Å². The Hall–Kier alpha value is 0.350. The van der Waals surface area contributed by atoms with Gasteiger partial charge in [0.05, 0.1) is 0 Å². The normalized spacial score (nSPS) is 41.7. The van der Waals surface area contributed by atoms with Crippen LogP contribution in [0.25, 0.3) is 0 Å². The summed E-state index contributed by atoms with van der Waals surface area (Å²) >= 11 is 4.39. The Morgan fingerprint density at radius 1 is 1.60 bits per heavy atom. The van der Waals surface area contributed by atoms with Crippen LogP contribution in [0.15, 0.2) is 0 Å². The summed E-state index contributed by atoms with van der Waals surface area (Å²) in [6.07, 6.45) is 5.62. The topological polar surface area (TPSA) is 0 Å². The summed E-state index contributed by atoms with van der Waals surface area (Å²) in [4.78, 5) is 0. The van der Waals surface area contributed by atoms with E-state index in [0.717, 1.165) is 11.7 Å². The monoisotopic (exact) mass is 158 g/mol. The lowest BCUT2D eigenvalue weighted by Gasteiger charge is -2.35. The van der Waals surface area contributed by atoms with Crippen molar-refractivity contribution in [3.8, 4) is 0 Å². The van der Waals surface area contributed by atoms with E-state index in [0.29, 0.717) is 5.41 Å². The maximum Gasteiger partial charge on any atom is -0.00437 e. The Bertz CT molecular complexity index is 111. The van der Waals surface area contributed by atoms with Gasteiger partial charge in [-0.25, -0.2) is 0 Å². The van der Waals surface area contributed by atoms with Crippen molar-refractivity contribution < 1.29 is 0 Å². The molecular formula is C9H18S. The molecule has 0 amide bonds. The van der Waals surface area contributed by atoms with Crippen molar-refractivity contribution in [2.75, 3.05) is 5.75 Å². The second-order valence-electron chi connectivity index (χ2n) is 4.17. The molecule has 0 aromatic carbocycles. The summed E-state index contributed by atoms with van der Waals surface area (Å²) in [6, 6.07) is 0. The smallest absolute Gasteiger partial charge is 0.00437 e. The van der Waals surface area contributed by atoms with Gasteiger partial charge in [-0.15, -0.1) is 0 Å². The van der Waals surface area contributed by atoms with E-state index in [4.69, 9.17) is 0 Å². The van der Waals surface area contributed by atoms with Crippen LogP contribution < -0.4 is 0 Å². The molecule has 1 aliphatic carbocycles. The quantitative estimate of drug-likeness (QED) is 0.557. The van der Waals surface area contributed by atoms with Gasteiger partial charge >= 0.3 is 0 Å². The van der Waals surface area contributed by atoms with E-state index in [1.165, 1.54) is 25.7 Å². The molecule has 2 atom stereocenters. The van der Waals surface area contributed by atoms with Crippen LogP contribution in [0.2, 0.25) is 0 Å². The van der Waals surface area contributed by atoms with Gasteiger partial charge < -0.3 is 0 Å². The molecule has 0 aliphatic heterocycles. The van der Waals surface area contributed by atoms with Crippen molar-refractivity contribution in [3.63, 3.8) is 0 Å². The van der Waals surface area contributed by atoms with Crippen molar-refractivity contribution in [1.82, 2.24) is 0 Å². The minimum absolute atomic E-state index is 0.556. The maximum atomic E-state index is 4.39. The first-order chi connectivity index (χ1) is 4.66. The third kappa shape index (κ3) is 1.91. The van der Waals surface area contributed by atoms with E-state index in [9.17, 15) is 0 Å². The van der Waals surface area contributed by atoms with Crippen molar-refractivity contribution in [2.24, 2.45) is 11.3 Å². The predicted octanol–water partition coefficient (Wildman–Crippen LogP) is 3.13. The van der Waals surface area contributed by atoms with Gasteiger partial charge in [-0.3, -0.25) is 0 Å². The van der Waals surface area contributed by atoms with Crippen molar-refractivity contribution in [3.05, 3.63) is 0 Å². The second-order valence-corrected chi connectivity index (χ2v) is 4.49. The highest BCUT2D eigenvalue weighted by atomic mass is 32.1. The molecule has 0 radical (unpaired) electrons. The molecule has 0 bridgehead atoms. The molecule has 1 aliphatic rings. The number of rotatable bonds is 1. The number of thiol groups is 1. The highest BCUT2D eigenvalue weighted by molar-refractivity contribution is 7.80. The van der Waals surface area contributed by atoms with Crippen LogP contribution in [0.5, 0.6) is 0 Å². The highest BCUT2D eigenvalue weighted by Crippen LogP contribution is 2.39. The Balaban J connectivity index is 2.45. The fraction of sp³-hybridized carbons (Fsp3) is 1.00.